The fraction of sp³-hybridized carbons (Fsp3) is 0.375. The Labute approximate surface area is 88.7 Å². The van der Waals surface area contributed by atoms with Crippen molar-refractivity contribution in [1.82, 2.24) is 9.78 Å². The smallest absolute Gasteiger partial charge is 0.323 e. The van der Waals surface area contributed by atoms with Crippen LogP contribution in [0.3, 0.4) is 0 Å². The van der Waals surface area contributed by atoms with Gasteiger partial charge in [-0.05, 0) is 6.07 Å². The van der Waals surface area contributed by atoms with Gasteiger partial charge in [0.15, 0.2) is 5.78 Å². The van der Waals surface area contributed by atoms with E-state index in [9.17, 15) is 18.0 Å². The maximum atomic E-state index is 12.2. The summed E-state index contributed by atoms with van der Waals surface area (Å²) < 4.78 is 37.9. The van der Waals surface area contributed by atoms with Crippen molar-refractivity contribution in [3.63, 3.8) is 0 Å². The molecule has 5 nitrogen and oxygen atoms in total. The number of hydrogen-bond donors (Lipinski definition) is 1. The molecule has 0 unspecified atom stereocenters. The van der Waals surface area contributed by atoms with Crippen molar-refractivity contribution in [3.8, 4) is 0 Å². The molecule has 1 aromatic heterocycles. The predicted octanol–water partition coefficient (Wildman–Crippen LogP) is 0.870. The molecule has 0 radical (unpaired) electrons. The second-order valence-electron chi connectivity index (χ2n) is 3.01. The van der Waals surface area contributed by atoms with Crippen molar-refractivity contribution in [2.75, 3.05) is 0 Å². The molecule has 1 heterocycles. The molecule has 0 aliphatic heterocycles. The van der Waals surface area contributed by atoms with Gasteiger partial charge in [-0.2, -0.15) is 23.4 Å². The zero-order chi connectivity index (χ0) is 12.3. The molecule has 1 aromatic rings. The Morgan fingerprint density at radius 1 is 1.62 bits per heavy atom. The van der Waals surface area contributed by atoms with E-state index in [4.69, 9.17) is 0 Å². The second kappa shape index (κ2) is 4.33. The Bertz CT molecular complexity index is 421. The van der Waals surface area contributed by atoms with Crippen LogP contribution in [0, 0.1) is 0 Å². The fourth-order valence-electron chi connectivity index (χ4n) is 1.11. The van der Waals surface area contributed by atoms with Crippen LogP contribution in [0.25, 0.3) is 0 Å². The third kappa shape index (κ3) is 2.59. The van der Waals surface area contributed by atoms with Crippen LogP contribution in [0.2, 0.25) is 0 Å². The van der Waals surface area contributed by atoms with Gasteiger partial charge in [-0.15, -0.1) is 0 Å². The Morgan fingerprint density at radius 3 is 2.62 bits per heavy atom. The minimum atomic E-state index is -4.69. The van der Waals surface area contributed by atoms with Gasteiger partial charge in [-0.25, -0.2) is 0 Å². The van der Waals surface area contributed by atoms with E-state index >= 15 is 0 Å². The minimum Gasteiger partial charge on any atom is -0.323 e. The summed E-state index contributed by atoms with van der Waals surface area (Å²) >= 11 is 0. The van der Waals surface area contributed by atoms with Gasteiger partial charge < -0.3 is 5.84 Å². The molecule has 0 atom stereocenters. The average molecular weight is 234 g/mol. The Hall–Kier alpha value is -1.86. The van der Waals surface area contributed by atoms with Gasteiger partial charge in [-0.3, -0.25) is 9.48 Å². The minimum absolute atomic E-state index is 0.0744. The van der Waals surface area contributed by atoms with Crippen LogP contribution in [-0.2, 0) is 7.05 Å². The Balaban J connectivity index is 2.84. The zero-order valence-corrected chi connectivity index (χ0v) is 8.32. The van der Waals surface area contributed by atoms with Gasteiger partial charge in [0, 0.05) is 13.2 Å². The highest BCUT2D eigenvalue weighted by Gasteiger charge is 2.37. The summed E-state index contributed by atoms with van der Waals surface area (Å²) in [6, 6.07) is 1.33. The molecule has 0 fully saturated rings. The molecule has 0 aromatic carbocycles. The van der Waals surface area contributed by atoms with Gasteiger partial charge in [0.2, 0.25) is 0 Å². The van der Waals surface area contributed by atoms with E-state index < -0.39 is 24.1 Å². The van der Waals surface area contributed by atoms with Crippen molar-refractivity contribution in [2.24, 2.45) is 18.0 Å². The quantitative estimate of drug-likeness (QED) is 0.365. The fourth-order valence-corrected chi connectivity index (χ4v) is 1.11. The number of Topliss-reactive ketones (excluding diaryl/α,β-unsaturated/α-hetero) is 1. The molecule has 1 rings (SSSR count). The molecule has 0 saturated heterocycles. The third-order valence-electron chi connectivity index (χ3n) is 1.92. The number of halogens is 3. The molecule has 0 bridgehead atoms. The number of nitrogens with zero attached hydrogens (tertiary/aromatic N) is 3. The highest BCUT2D eigenvalue weighted by Crippen LogP contribution is 2.20. The molecular weight excluding hydrogens is 225 g/mol. The van der Waals surface area contributed by atoms with E-state index in [2.05, 4.69) is 16.0 Å². The Kier molecular flexibility index (Phi) is 3.31. The number of aromatic nitrogens is 2. The number of hydrogen-bond acceptors (Lipinski definition) is 4. The summed E-state index contributed by atoms with van der Waals surface area (Å²) in [5.74, 6) is 3.86. The summed E-state index contributed by atoms with van der Waals surface area (Å²) in [6.45, 7) is 0. The van der Waals surface area contributed by atoms with E-state index in [0.717, 1.165) is 0 Å². The largest absolute Gasteiger partial charge is 0.431 e. The van der Waals surface area contributed by atoms with E-state index in [-0.39, 0.29) is 5.69 Å². The summed E-state index contributed by atoms with van der Waals surface area (Å²) in [4.78, 5) is 11.4. The van der Waals surface area contributed by atoms with Gasteiger partial charge in [0.05, 0.1) is 6.42 Å². The first kappa shape index (κ1) is 12.2. The van der Waals surface area contributed by atoms with Crippen LogP contribution in [0.1, 0.15) is 16.9 Å². The molecule has 0 amide bonds. The summed E-state index contributed by atoms with van der Waals surface area (Å²) in [6.07, 6.45) is -4.26. The molecule has 8 heteroatoms. The summed E-state index contributed by atoms with van der Waals surface area (Å²) in [5, 5.41) is 6.26. The van der Waals surface area contributed by atoms with E-state index in [1.165, 1.54) is 24.0 Å². The number of alkyl halides is 3. The molecule has 0 aliphatic rings. The highest BCUT2D eigenvalue weighted by atomic mass is 19.4. The maximum Gasteiger partial charge on any atom is 0.431 e. The lowest BCUT2D eigenvalue weighted by molar-refractivity contribution is -0.0604. The van der Waals surface area contributed by atoms with Crippen molar-refractivity contribution in [3.05, 3.63) is 18.0 Å². The van der Waals surface area contributed by atoms with Crippen LogP contribution in [0.5, 0.6) is 0 Å². The molecule has 0 spiro atoms. The third-order valence-corrected chi connectivity index (χ3v) is 1.92. The predicted molar refractivity (Wildman–Crippen MR) is 49.8 cm³/mol. The number of carbonyl (C=O) groups excluding carboxylic acids is 1. The van der Waals surface area contributed by atoms with Crippen molar-refractivity contribution in [2.45, 2.75) is 12.6 Å². The first-order valence-corrected chi connectivity index (χ1v) is 4.21. The lowest BCUT2D eigenvalue weighted by Crippen LogP contribution is -2.27. The molecule has 2 N–H and O–H groups in total. The first-order valence-electron chi connectivity index (χ1n) is 4.21. The molecular formula is C8H9F3N4O. The average Bonchev–Trinajstić information content (AvgIpc) is 2.58. The second-order valence-corrected chi connectivity index (χ2v) is 3.01. The SMILES string of the molecule is Cn1nccc1C(=O)C/C(=N/N)C(F)(F)F. The van der Waals surface area contributed by atoms with Crippen molar-refractivity contribution < 1.29 is 18.0 Å². The highest BCUT2D eigenvalue weighted by molar-refractivity contribution is 6.10. The van der Waals surface area contributed by atoms with Crippen LogP contribution in [-0.4, -0.2) is 27.5 Å². The molecule has 0 aliphatic carbocycles. The number of rotatable bonds is 3. The Morgan fingerprint density at radius 2 is 2.25 bits per heavy atom. The van der Waals surface area contributed by atoms with Crippen LogP contribution >= 0.6 is 0 Å². The summed E-state index contributed by atoms with van der Waals surface area (Å²) in [7, 11) is 1.46. The first-order chi connectivity index (χ1) is 7.36. The number of hydrazone groups is 1. The van der Waals surface area contributed by atoms with Crippen molar-refractivity contribution >= 4 is 11.5 Å². The normalized spacial score (nSPS) is 12.9. The summed E-state index contributed by atoms with van der Waals surface area (Å²) in [5.41, 5.74) is -1.23. The lowest BCUT2D eigenvalue weighted by atomic mass is 10.1. The zero-order valence-electron chi connectivity index (χ0n) is 8.32. The molecule has 88 valence electrons. The maximum absolute atomic E-state index is 12.2. The van der Waals surface area contributed by atoms with Crippen LogP contribution in [0.15, 0.2) is 17.4 Å². The van der Waals surface area contributed by atoms with E-state index in [1.807, 2.05) is 0 Å². The van der Waals surface area contributed by atoms with Gasteiger partial charge >= 0.3 is 6.18 Å². The van der Waals surface area contributed by atoms with Gasteiger partial charge in [0.25, 0.3) is 0 Å². The van der Waals surface area contributed by atoms with Crippen molar-refractivity contribution in [1.29, 1.82) is 0 Å². The van der Waals surface area contributed by atoms with Gasteiger partial charge in [-0.1, -0.05) is 0 Å². The number of carbonyl (C=O) groups is 1. The monoisotopic (exact) mass is 234 g/mol. The standard InChI is InChI=1S/C8H9F3N4O/c1-15-5(2-3-13-15)6(16)4-7(14-12)8(9,10)11/h2-3H,4,12H2,1H3/b14-7-. The van der Waals surface area contributed by atoms with Crippen LogP contribution in [0.4, 0.5) is 13.2 Å². The number of nitrogens with two attached hydrogens (primary N) is 1. The number of aryl methyl sites for hydroxylation is 1. The lowest BCUT2D eigenvalue weighted by Gasteiger charge is -2.08. The molecule has 16 heavy (non-hydrogen) atoms. The van der Waals surface area contributed by atoms with Gasteiger partial charge in [0.1, 0.15) is 11.4 Å². The molecule has 0 saturated carbocycles. The topological polar surface area (TPSA) is 73.3 Å². The van der Waals surface area contributed by atoms with Crippen LogP contribution < -0.4 is 5.84 Å². The van der Waals surface area contributed by atoms with E-state index in [1.54, 1.807) is 0 Å². The number of ketones is 1. The van der Waals surface area contributed by atoms with E-state index in [0.29, 0.717) is 0 Å².